The van der Waals surface area contributed by atoms with Gasteiger partial charge in [-0.3, -0.25) is 9.59 Å². The van der Waals surface area contributed by atoms with Gasteiger partial charge in [-0.2, -0.15) is 0 Å². The monoisotopic (exact) mass is 497 g/mol. The molecule has 5 nitrogen and oxygen atoms in total. The van der Waals surface area contributed by atoms with Gasteiger partial charge in [-0.15, -0.1) is 0 Å². The van der Waals surface area contributed by atoms with Crippen molar-refractivity contribution in [1.82, 2.24) is 0 Å². The molecule has 5 aliphatic rings. The van der Waals surface area contributed by atoms with Gasteiger partial charge in [-0.1, -0.05) is 52.3 Å². The van der Waals surface area contributed by atoms with E-state index in [-0.39, 0.29) is 38.9 Å². The molecule has 0 heterocycles. The topological polar surface area (TPSA) is 76.0 Å². The van der Waals surface area contributed by atoms with Gasteiger partial charge >= 0.3 is 5.97 Å². The quantitative estimate of drug-likeness (QED) is 0.415. The van der Waals surface area contributed by atoms with E-state index in [0.717, 1.165) is 57.1 Å². The van der Waals surface area contributed by atoms with Crippen LogP contribution in [0, 0.1) is 50.2 Å². The van der Waals surface area contributed by atoms with Gasteiger partial charge in [0.15, 0.2) is 5.78 Å². The SMILES string of the molecule is CON=C1CC[C@]2(C)[C@H]3C(=O)C=C4[C@@H]5C[C@@](C)(C(=O)O)CC[C@]5(C)CC[C@@]4(C)[C@]3(C)CC[C@H]2C1(C)C. The molecule has 0 aromatic heterocycles. The van der Waals surface area contributed by atoms with Gasteiger partial charge in [0.2, 0.25) is 0 Å². The Morgan fingerprint density at radius 1 is 1.00 bits per heavy atom. The van der Waals surface area contributed by atoms with E-state index in [2.05, 4.69) is 46.7 Å². The Morgan fingerprint density at radius 2 is 1.67 bits per heavy atom. The number of fused-ring (bicyclic) bond motifs is 7. The second kappa shape index (κ2) is 7.69. The molecule has 0 aromatic carbocycles. The third kappa shape index (κ3) is 3.10. The Hall–Kier alpha value is -1.65. The second-order valence-corrected chi connectivity index (χ2v) is 15.0. The lowest BCUT2D eigenvalue weighted by Crippen LogP contribution is -2.66. The molecular weight excluding hydrogens is 450 g/mol. The molecule has 1 N–H and O–H groups in total. The van der Waals surface area contributed by atoms with Crippen LogP contribution >= 0.6 is 0 Å². The zero-order valence-corrected chi connectivity index (χ0v) is 23.8. The fourth-order valence-electron chi connectivity index (χ4n) is 10.5. The van der Waals surface area contributed by atoms with Crippen LogP contribution in [0.15, 0.2) is 16.8 Å². The average Bonchev–Trinajstić information content (AvgIpc) is 2.78. The summed E-state index contributed by atoms with van der Waals surface area (Å²) in [4.78, 5) is 31.8. The summed E-state index contributed by atoms with van der Waals surface area (Å²) in [5.41, 5.74) is 1.40. The van der Waals surface area contributed by atoms with Gasteiger partial charge < -0.3 is 9.94 Å². The van der Waals surface area contributed by atoms with E-state index >= 15 is 0 Å². The Kier molecular flexibility index (Phi) is 5.55. The summed E-state index contributed by atoms with van der Waals surface area (Å²) < 4.78 is 0. The number of carboxylic acid groups (broad SMARTS) is 1. The highest BCUT2D eigenvalue weighted by Crippen LogP contribution is 2.74. The highest BCUT2D eigenvalue weighted by atomic mass is 16.6. The summed E-state index contributed by atoms with van der Waals surface area (Å²) >= 11 is 0. The molecule has 0 bridgehead atoms. The van der Waals surface area contributed by atoms with Crippen LogP contribution in [0.4, 0.5) is 0 Å². The average molecular weight is 498 g/mol. The summed E-state index contributed by atoms with van der Waals surface area (Å²) in [6, 6.07) is 0. The molecule has 5 rings (SSSR count). The Labute approximate surface area is 217 Å². The molecule has 0 spiro atoms. The maximum absolute atomic E-state index is 14.3. The Morgan fingerprint density at radius 3 is 2.31 bits per heavy atom. The number of allylic oxidation sites excluding steroid dienone is 2. The summed E-state index contributed by atoms with van der Waals surface area (Å²) in [5, 5.41) is 14.5. The molecule has 0 radical (unpaired) electrons. The van der Waals surface area contributed by atoms with Crippen LogP contribution in [-0.4, -0.2) is 29.7 Å². The number of carbonyl (C=O) groups excluding carboxylic acids is 1. The van der Waals surface area contributed by atoms with Crippen molar-refractivity contribution in [3.05, 3.63) is 11.6 Å². The van der Waals surface area contributed by atoms with E-state index in [1.165, 1.54) is 5.57 Å². The molecule has 0 amide bonds. The van der Waals surface area contributed by atoms with Crippen LogP contribution in [0.5, 0.6) is 0 Å². The van der Waals surface area contributed by atoms with E-state index in [1.807, 2.05) is 13.0 Å². The first-order valence-corrected chi connectivity index (χ1v) is 14.2. The number of carboxylic acids is 1. The van der Waals surface area contributed by atoms with Gasteiger partial charge in [0.25, 0.3) is 0 Å². The van der Waals surface area contributed by atoms with Gasteiger partial charge in [0.05, 0.1) is 11.1 Å². The van der Waals surface area contributed by atoms with Crippen LogP contribution in [0.1, 0.15) is 106 Å². The molecule has 4 saturated carbocycles. The summed E-state index contributed by atoms with van der Waals surface area (Å²) in [5.74, 6) is 0.148. The highest BCUT2D eigenvalue weighted by Gasteiger charge is 2.70. The molecule has 8 atom stereocenters. The van der Waals surface area contributed by atoms with Gasteiger partial charge in [0.1, 0.15) is 7.11 Å². The number of hydrogen-bond acceptors (Lipinski definition) is 4. The number of oxime groups is 1. The molecule has 36 heavy (non-hydrogen) atoms. The van der Waals surface area contributed by atoms with Crippen LogP contribution in [0.25, 0.3) is 0 Å². The van der Waals surface area contributed by atoms with Gasteiger partial charge in [0, 0.05) is 11.3 Å². The third-order valence-electron chi connectivity index (χ3n) is 13.1. The molecule has 0 aromatic rings. The zero-order chi connectivity index (χ0) is 26.5. The lowest BCUT2D eigenvalue weighted by Gasteiger charge is -2.70. The Bertz CT molecular complexity index is 1060. The first kappa shape index (κ1) is 26.0. The van der Waals surface area contributed by atoms with Crippen molar-refractivity contribution in [3.63, 3.8) is 0 Å². The van der Waals surface area contributed by atoms with Crippen LogP contribution < -0.4 is 0 Å². The first-order valence-electron chi connectivity index (χ1n) is 14.2. The minimum atomic E-state index is -0.710. The van der Waals surface area contributed by atoms with Crippen LogP contribution in [0.3, 0.4) is 0 Å². The minimum absolute atomic E-state index is 0.0142. The van der Waals surface area contributed by atoms with Gasteiger partial charge in [-0.05, 0) is 104 Å². The maximum Gasteiger partial charge on any atom is 0.309 e. The van der Waals surface area contributed by atoms with E-state index in [0.29, 0.717) is 18.1 Å². The van der Waals surface area contributed by atoms with E-state index in [9.17, 15) is 14.7 Å². The number of hydrogen-bond donors (Lipinski definition) is 1. The number of nitrogens with zero attached hydrogens (tertiary/aromatic N) is 1. The largest absolute Gasteiger partial charge is 0.481 e. The number of carbonyl (C=O) groups is 2. The lowest BCUT2D eigenvalue weighted by atomic mass is 9.33. The zero-order valence-electron chi connectivity index (χ0n) is 23.8. The van der Waals surface area contributed by atoms with E-state index < -0.39 is 11.4 Å². The standard InChI is InChI=1S/C31H47NO4/c1-26(2)22-9-12-31(7)24(29(22,5)11-10-23(26)32-36-8)21(33)17-19-20-18-28(4,25(34)35)14-13-27(20,3)15-16-30(19,31)6/h17,20,22,24H,9-16,18H2,1-8H3,(H,34,35)/t20-,22-,24+,27+,28-,29-,30+,31+/m0/s1. The summed E-state index contributed by atoms with van der Waals surface area (Å²) in [6.45, 7) is 16.1. The molecule has 0 aliphatic heterocycles. The lowest BCUT2D eigenvalue weighted by molar-refractivity contribution is -0.176. The van der Waals surface area contributed by atoms with Gasteiger partial charge in [-0.25, -0.2) is 0 Å². The molecule has 5 aliphatic carbocycles. The molecular formula is C31H47NO4. The number of rotatable bonds is 2. The van der Waals surface area contributed by atoms with Crippen molar-refractivity contribution >= 4 is 17.5 Å². The fraction of sp³-hybridized carbons (Fsp3) is 0.839. The molecule has 200 valence electrons. The van der Waals surface area contributed by atoms with Crippen LogP contribution in [0.2, 0.25) is 0 Å². The minimum Gasteiger partial charge on any atom is -0.481 e. The summed E-state index contributed by atoms with van der Waals surface area (Å²) in [7, 11) is 1.63. The van der Waals surface area contributed by atoms with Crippen molar-refractivity contribution in [2.45, 2.75) is 106 Å². The predicted octanol–water partition coefficient (Wildman–Crippen LogP) is 7.05. The predicted molar refractivity (Wildman–Crippen MR) is 142 cm³/mol. The molecule has 0 unspecified atom stereocenters. The van der Waals surface area contributed by atoms with Crippen molar-refractivity contribution < 1.29 is 19.5 Å². The van der Waals surface area contributed by atoms with E-state index in [1.54, 1.807) is 7.11 Å². The molecule has 4 fully saturated rings. The molecule has 0 saturated heterocycles. The second-order valence-electron chi connectivity index (χ2n) is 15.0. The van der Waals surface area contributed by atoms with Crippen molar-refractivity contribution in [2.75, 3.05) is 7.11 Å². The fourth-order valence-corrected chi connectivity index (χ4v) is 10.5. The van der Waals surface area contributed by atoms with Crippen molar-refractivity contribution in [3.8, 4) is 0 Å². The smallest absolute Gasteiger partial charge is 0.309 e. The number of ketones is 1. The highest BCUT2D eigenvalue weighted by molar-refractivity contribution is 5.97. The van der Waals surface area contributed by atoms with Crippen molar-refractivity contribution in [2.24, 2.45) is 55.4 Å². The van der Waals surface area contributed by atoms with Crippen LogP contribution in [-0.2, 0) is 14.4 Å². The Balaban J connectivity index is 1.61. The first-order chi connectivity index (χ1) is 16.6. The third-order valence-corrected chi connectivity index (χ3v) is 13.1. The summed E-state index contributed by atoms with van der Waals surface area (Å²) in [6.07, 6.45) is 10.5. The normalized spacial score (nSPS) is 50.8. The number of aliphatic carboxylic acids is 1. The molecule has 5 heteroatoms. The van der Waals surface area contributed by atoms with Crippen molar-refractivity contribution in [1.29, 1.82) is 0 Å². The maximum atomic E-state index is 14.3. The van der Waals surface area contributed by atoms with E-state index in [4.69, 9.17) is 4.84 Å².